The maximum atomic E-state index is 13.5. The number of rotatable bonds is 4. The Bertz CT molecular complexity index is 348. The van der Waals surface area contributed by atoms with Crippen LogP contribution < -0.4 is 5.32 Å². The summed E-state index contributed by atoms with van der Waals surface area (Å²) in [7, 11) is 2.06. The van der Waals surface area contributed by atoms with Gasteiger partial charge in [-0.2, -0.15) is 0 Å². The molecule has 1 unspecified atom stereocenters. The number of halogens is 1. The zero-order valence-corrected chi connectivity index (χ0v) is 10.5. The largest absolute Gasteiger partial charge is 0.313 e. The number of hydrogen-bond donors (Lipinski definition) is 1. The van der Waals surface area contributed by atoms with Gasteiger partial charge >= 0.3 is 0 Å². The maximum absolute atomic E-state index is 13.5. The van der Waals surface area contributed by atoms with Crippen LogP contribution in [0.2, 0.25) is 0 Å². The van der Waals surface area contributed by atoms with Crippen LogP contribution >= 0.6 is 0 Å². The summed E-state index contributed by atoms with van der Waals surface area (Å²) in [6, 6.07) is 7.59. The first-order valence-corrected chi connectivity index (χ1v) is 6.41. The highest BCUT2D eigenvalue weighted by atomic mass is 19.1. The van der Waals surface area contributed by atoms with Gasteiger partial charge in [-0.25, -0.2) is 4.39 Å². The molecular weight excluding hydrogens is 215 g/mol. The molecule has 0 radical (unpaired) electrons. The lowest BCUT2D eigenvalue weighted by Gasteiger charge is -2.28. The average Bonchev–Trinajstić information content (AvgIpc) is 2.33. The quantitative estimate of drug-likeness (QED) is 0.863. The van der Waals surface area contributed by atoms with Crippen molar-refractivity contribution in [2.75, 3.05) is 20.1 Å². The highest BCUT2D eigenvalue weighted by Gasteiger charge is 2.15. The zero-order chi connectivity index (χ0) is 12.1. The Morgan fingerprint density at radius 1 is 1.35 bits per heavy atom. The normalized spacial score (nSPS) is 20.8. The number of hydrogen-bond acceptors (Lipinski definition) is 2. The molecule has 1 N–H and O–H groups in total. The molecule has 3 heteroatoms. The molecule has 0 saturated carbocycles. The fourth-order valence-electron chi connectivity index (χ4n) is 2.44. The first kappa shape index (κ1) is 12.5. The van der Waals surface area contributed by atoms with Crippen LogP contribution in [-0.4, -0.2) is 31.1 Å². The van der Waals surface area contributed by atoms with Gasteiger partial charge in [-0.05, 0) is 32.5 Å². The van der Waals surface area contributed by atoms with Crippen molar-refractivity contribution in [3.8, 4) is 0 Å². The Morgan fingerprint density at radius 2 is 2.18 bits per heavy atom. The predicted molar refractivity (Wildman–Crippen MR) is 68.4 cm³/mol. The summed E-state index contributed by atoms with van der Waals surface area (Å²) < 4.78 is 13.5. The average molecular weight is 236 g/mol. The van der Waals surface area contributed by atoms with Crippen molar-refractivity contribution in [2.24, 2.45) is 0 Å². The molecule has 94 valence electrons. The standard InChI is InChI=1S/C14H21FN2/c1-17(11-13-7-4-5-9-16-13)10-12-6-2-3-8-14(12)15/h2-3,6,8,13,16H,4-5,7,9-11H2,1H3. The van der Waals surface area contributed by atoms with Gasteiger partial charge in [0.05, 0.1) is 0 Å². The summed E-state index contributed by atoms with van der Waals surface area (Å²) in [4.78, 5) is 2.20. The van der Waals surface area contributed by atoms with E-state index in [0.717, 1.165) is 18.7 Å². The van der Waals surface area contributed by atoms with Gasteiger partial charge < -0.3 is 10.2 Å². The van der Waals surface area contributed by atoms with Gasteiger partial charge in [0.25, 0.3) is 0 Å². The molecule has 1 aliphatic rings. The van der Waals surface area contributed by atoms with Crippen molar-refractivity contribution in [3.05, 3.63) is 35.6 Å². The minimum atomic E-state index is -0.101. The molecule has 1 aromatic rings. The molecule has 1 heterocycles. The third-order valence-corrected chi connectivity index (χ3v) is 3.34. The first-order chi connectivity index (χ1) is 8.25. The number of benzene rings is 1. The van der Waals surface area contributed by atoms with Crippen LogP contribution in [0.4, 0.5) is 4.39 Å². The van der Waals surface area contributed by atoms with Crippen molar-refractivity contribution in [3.63, 3.8) is 0 Å². The second kappa shape index (κ2) is 6.12. The van der Waals surface area contributed by atoms with Crippen molar-refractivity contribution in [1.29, 1.82) is 0 Å². The Hall–Kier alpha value is -0.930. The number of piperidine rings is 1. The van der Waals surface area contributed by atoms with E-state index in [4.69, 9.17) is 0 Å². The van der Waals surface area contributed by atoms with Crippen LogP contribution in [0.3, 0.4) is 0 Å². The molecule has 0 aromatic heterocycles. The van der Waals surface area contributed by atoms with Gasteiger partial charge in [0.1, 0.15) is 5.82 Å². The SMILES string of the molecule is CN(Cc1ccccc1F)CC1CCCCN1. The molecule has 0 amide bonds. The van der Waals surface area contributed by atoms with E-state index in [1.807, 2.05) is 12.1 Å². The fraction of sp³-hybridized carbons (Fsp3) is 0.571. The molecule has 1 atom stereocenters. The highest BCUT2D eigenvalue weighted by molar-refractivity contribution is 5.17. The summed E-state index contributed by atoms with van der Waals surface area (Å²) in [5.41, 5.74) is 0.783. The summed E-state index contributed by atoms with van der Waals surface area (Å²) >= 11 is 0. The highest BCUT2D eigenvalue weighted by Crippen LogP contribution is 2.12. The number of nitrogens with one attached hydrogen (secondary N) is 1. The van der Waals surface area contributed by atoms with E-state index in [-0.39, 0.29) is 5.82 Å². The first-order valence-electron chi connectivity index (χ1n) is 6.41. The summed E-state index contributed by atoms with van der Waals surface area (Å²) in [6.07, 6.45) is 3.83. The van der Waals surface area contributed by atoms with E-state index in [0.29, 0.717) is 12.6 Å². The smallest absolute Gasteiger partial charge is 0.127 e. The monoisotopic (exact) mass is 236 g/mol. The van der Waals surface area contributed by atoms with Gasteiger partial charge in [-0.1, -0.05) is 24.6 Å². The Kier molecular flexibility index (Phi) is 4.51. The van der Waals surface area contributed by atoms with E-state index >= 15 is 0 Å². The van der Waals surface area contributed by atoms with Gasteiger partial charge in [0, 0.05) is 24.7 Å². The van der Waals surface area contributed by atoms with Crippen LogP contribution in [0.1, 0.15) is 24.8 Å². The fourth-order valence-corrected chi connectivity index (χ4v) is 2.44. The van der Waals surface area contributed by atoms with Crippen LogP contribution in [0.15, 0.2) is 24.3 Å². The third-order valence-electron chi connectivity index (χ3n) is 3.34. The zero-order valence-electron chi connectivity index (χ0n) is 10.5. The molecular formula is C14H21FN2. The molecule has 1 aliphatic heterocycles. The molecule has 0 spiro atoms. The minimum absolute atomic E-state index is 0.101. The van der Waals surface area contributed by atoms with E-state index in [2.05, 4.69) is 17.3 Å². The van der Waals surface area contributed by atoms with Crippen LogP contribution in [-0.2, 0) is 6.54 Å². The van der Waals surface area contributed by atoms with Gasteiger partial charge in [0.15, 0.2) is 0 Å². The van der Waals surface area contributed by atoms with E-state index in [1.54, 1.807) is 6.07 Å². The summed E-state index contributed by atoms with van der Waals surface area (Å²) in [5.74, 6) is -0.101. The van der Waals surface area contributed by atoms with Crippen molar-refractivity contribution < 1.29 is 4.39 Å². The second-order valence-corrected chi connectivity index (χ2v) is 4.93. The van der Waals surface area contributed by atoms with Gasteiger partial charge in [-0.15, -0.1) is 0 Å². The summed E-state index contributed by atoms with van der Waals surface area (Å²) in [6.45, 7) is 2.80. The van der Waals surface area contributed by atoms with Crippen molar-refractivity contribution in [1.82, 2.24) is 10.2 Å². The molecule has 0 aliphatic carbocycles. The van der Waals surface area contributed by atoms with Gasteiger partial charge in [0.2, 0.25) is 0 Å². The molecule has 1 saturated heterocycles. The van der Waals surface area contributed by atoms with E-state index in [9.17, 15) is 4.39 Å². The minimum Gasteiger partial charge on any atom is -0.313 e. The molecule has 2 rings (SSSR count). The van der Waals surface area contributed by atoms with Crippen LogP contribution in [0, 0.1) is 5.82 Å². The Labute approximate surface area is 103 Å². The maximum Gasteiger partial charge on any atom is 0.127 e. The van der Waals surface area contributed by atoms with E-state index < -0.39 is 0 Å². The molecule has 17 heavy (non-hydrogen) atoms. The lowest BCUT2D eigenvalue weighted by molar-refractivity contribution is 0.254. The third kappa shape index (κ3) is 3.79. The molecule has 2 nitrogen and oxygen atoms in total. The topological polar surface area (TPSA) is 15.3 Å². The number of likely N-dealkylation sites (N-methyl/N-ethyl adjacent to an activating group) is 1. The Balaban J connectivity index is 1.84. The lowest BCUT2D eigenvalue weighted by atomic mass is 10.0. The predicted octanol–water partition coefficient (Wildman–Crippen LogP) is 2.40. The lowest BCUT2D eigenvalue weighted by Crippen LogP contribution is -2.42. The number of nitrogens with zero attached hydrogens (tertiary/aromatic N) is 1. The van der Waals surface area contributed by atoms with Crippen LogP contribution in [0.5, 0.6) is 0 Å². The van der Waals surface area contributed by atoms with Crippen molar-refractivity contribution in [2.45, 2.75) is 31.8 Å². The van der Waals surface area contributed by atoms with Gasteiger partial charge in [-0.3, -0.25) is 0 Å². The Morgan fingerprint density at radius 3 is 2.88 bits per heavy atom. The summed E-state index contributed by atoms with van der Waals surface area (Å²) in [5, 5.41) is 3.51. The molecule has 1 aromatic carbocycles. The molecule has 1 fully saturated rings. The molecule has 0 bridgehead atoms. The van der Waals surface area contributed by atoms with Crippen molar-refractivity contribution >= 4 is 0 Å². The second-order valence-electron chi connectivity index (χ2n) is 4.93. The van der Waals surface area contributed by atoms with E-state index in [1.165, 1.54) is 25.3 Å². The van der Waals surface area contributed by atoms with Crippen LogP contribution in [0.25, 0.3) is 0 Å².